The lowest BCUT2D eigenvalue weighted by Gasteiger charge is -2.12. The van der Waals surface area contributed by atoms with Crippen molar-refractivity contribution in [3.05, 3.63) is 48.6 Å². The van der Waals surface area contributed by atoms with Gasteiger partial charge in [0.25, 0.3) is 5.91 Å². The van der Waals surface area contributed by atoms with Gasteiger partial charge in [0.05, 0.1) is 12.8 Å². The van der Waals surface area contributed by atoms with Crippen molar-refractivity contribution in [3.63, 3.8) is 0 Å². The standard InChI is InChI=1S/C17H19N5O2/c23-16-13-6-10-20-17(22-13)19-8-4-2-1-3-5-11-24-15-7-9-18-12-14(15)21-16/h1,3,6-7,9-10,12H,2,4-5,8,11H2,(H,21,23)(H,19,20,22)/b3-1+. The number of hydrogen-bond donors (Lipinski definition) is 2. The zero-order valence-electron chi connectivity index (χ0n) is 13.2. The van der Waals surface area contributed by atoms with Crippen LogP contribution in [0, 0.1) is 0 Å². The molecule has 2 aromatic heterocycles. The van der Waals surface area contributed by atoms with Gasteiger partial charge in [0.2, 0.25) is 5.95 Å². The number of amides is 1. The lowest BCUT2D eigenvalue weighted by atomic mass is 10.2. The van der Waals surface area contributed by atoms with Crippen LogP contribution in [0.25, 0.3) is 0 Å². The van der Waals surface area contributed by atoms with Crippen LogP contribution in [0.15, 0.2) is 42.9 Å². The van der Waals surface area contributed by atoms with Gasteiger partial charge in [-0.25, -0.2) is 9.97 Å². The fourth-order valence-corrected chi connectivity index (χ4v) is 2.25. The molecule has 0 saturated heterocycles. The van der Waals surface area contributed by atoms with Gasteiger partial charge in [-0.05, 0) is 25.3 Å². The van der Waals surface area contributed by atoms with Crippen molar-refractivity contribution in [2.75, 3.05) is 23.8 Å². The van der Waals surface area contributed by atoms with Gasteiger partial charge < -0.3 is 15.4 Å². The second-order valence-electron chi connectivity index (χ2n) is 5.27. The zero-order chi connectivity index (χ0) is 16.6. The highest BCUT2D eigenvalue weighted by Crippen LogP contribution is 2.23. The third kappa shape index (κ3) is 4.28. The first kappa shape index (κ1) is 15.9. The number of nitrogens with one attached hydrogen (secondary N) is 2. The highest BCUT2D eigenvalue weighted by atomic mass is 16.5. The summed E-state index contributed by atoms with van der Waals surface area (Å²) in [4.78, 5) is 24.8. The molecule has 0 radical (unpaired) electrons. The average molecular weight is 325 g/mol. The molecule has 0 fully saturated rings. The summed E-state index contributed by atoms with van der Waals surface area (Å²) in [6, 6.07) is 3.30. The molecule has 124 valence electrons. The number of anilines is 2. The predicted molar refractivity (Wildman–Crippen MR) is 91.2 cm³/mol. The monoisotopic (exact) mass is 325 g/mol. The fraction of sp³-hybridized carbons (Fsp3) is 0.294. The summed E-state index contributed by atoms with van der Waals surface area (Å²) in [5, 5.41) is 5.92. The predicted octanol–water partition coefficient (Wildman–Crippen LogP) is 2.65. The van der Waals surface area contributed by atoms with E-state index in [1.165, 1.54) is 0 Å². The molecule has 24 heavy (non-hydrogen) atoms. The Balaban J connectivity index is 1.84. The van der Waals surface area contributed by atoms with E-state index >= 15 is 0 Å². The molecule has 0 unspecified atom stereocenters. The first-order chi connectivity index (χ1) is 11.8. The Morgan fingerprint density at radius 2 is 2.04 bits per heavy atom. The Morgan fingerprint density at radius 3 is 3.00 bits per heavy atom. The van der Waals surface area contributed by atoms with Gasteiger partial charge in [-0.3, -0.25) is 9.78 Å². The Hall–Kier alpha value is -2.96. The molecule has 1 amide bonds. The zero-order valence-corrected chi connectivity index (χ0v) is 13.2. The van der Waals surface area contributed by atoms with E-state index in [0.717, 1.165) is 25.8 Å². The smallest absolute Gasteiger partial charge is 0.274 e. The van der Waals surface area contributed by atoms with E-state index in [4.69, 9.17) is 4.74 Å². The van der Waals surface area contributed by atoms with Gasteiger partial charge >= 0.3 is 0 Å². The highest BCUT2D eigenvalue weighted by Gasteiger charge is 2.12. The second-order valence-corrected chi connectivity index (χ2v) is 5.27. The van der Waals surface area contributed by atoms with Crippen molar-refractivity contribution in [1.82, 2.24) is 15.0 Å². The molecule has 3 heterocycles. The van der Waals surface area contributed by atoms with E-state index < -0.39 is 0 Å². The molecule has 7 nitrogen and oxygen atoms in total. The largest absolute Gasteiger partial charge is 0.491 e. The average Bonchev–Trinajstić information content (AvgIpc) is 2.61. The Morgan fingerprint density at radius 1 is 1.12 bits per heavy atom. The maximum atomic E-state index is 12.4. The maximum Gasteiger partial charge on any atom is 0.274 e. The topological polar surface area (TPSA) is 89.0 Å². The van der Waals surface area contributed by atoms with E-state index in [1.807, 2.05) is 0 Å². The number of rotatable bonds is 0. The van der Waals surface area contributed by atoms with E-state index in [-0.39, 0.29) is 11.6 Å². The number of carbonyl (C=O) groups excluding carboxylic acids is 1. The Kier molecular flexibility index (Phi) is 5.34. The molecule has 2 aromatic rings. The summed E-state index contributed by atoms with van der Waals surface area (Å²) in [5.41, 5.74) is 0.806. The maximum absolute atomic E-state index is 12.4. The van der Waals surface area contributed by atoms with Gasteiger partial charge in [-0.15, -0.1) is 0 Å². The van der Waals surface area contributed by atoms with Crippen molar-refractivity contribution >= 4 is 17.5 Å². The number of ether oxygens (including phenoxy) is 1. The number of hydrogen-bond acceptors (Lipinski definition) is 6. The molecule has 0 spiro atoms. The number of carbonyl (C=O) groups is 1. The molecule has 1 aliphatic heterocycles. The van der Waals surface area contributed by atoms with Gasteiger partial charge in [-0.2, -0.15) is 0 Å². The van der Waals surface area contributed by atoms with Crippen molar-refractivity contribution < 1.29 is 9.53 Å². The summed E-state index contributed by atoms with van der Waals surface area (Å²) in [5.74, 6) is 0.706. The van der Waals surface area contributed by atoms with Crippen LogP contribution in [0.5, 0.6) is 5.75 Å². The van der Waals surface area contributed by atoms with Crippen LogP contribution in [-0.4, -0.2) is 34.0 Å². The second kappa shape index (κ2) is 8.05. The molecule has 0 aromatic carbocycles. The normalized spacial score (nSPS) is 16.9. The molecule has 7 heteroatoms. The minimum Gasteiger partial charge on any atom is -0.491 e. The number of pyridine rings is 1. The van der Waals surface area contributed by atoms with Crippen molar-refractivity contribution in [1.29, 1.82) is 0 Å². The number of nitrogens with zero attached hydrogens (tertiary/aromatic N) is 3. The first-order valence-electron chi connectivity index (χ1n) is 7.93. The van der Waals surface area contributed by atoms with Crippen LogP contribution in [0.4, 0.5) is 11.6 Å². The molecule has 3 rings (SSSR count). The Bertz CT molecular complexity index is 732. The number of fused-ring (bicyclic) bond motifs is 3. The molecule has 1 aliphatic rings. The lowest BCUT2D eigenvalue weighted by Crippen LogP contribution is -2.16. The van der Waals surface area contributed by atoms with Gasteiger partial charge in [0.1, 0.15) is 17.1 Å². The highest BCUT2D eigenvalue weighted by molar-refractivity contribution is 6.03. The molecule has 2 N–H and O–H groups in total. The molecule has 0 aliphatic carbocycles. The summed E-state index contributed by atoms with van der Waals surface area (Å²) in [7, 11) is 0. The summed E-state index contributed by atoms with van der Waals surface area (Å²) < 4.78 is 5.74. The van der Waals surface area contributed by atoms with E-state index in [9.17, 15) is 4.79 Å². The summed E-state index contributed by atoms with van der Waals surface area (Å²) in [6.07, 6.45) is 11.7. The fourth-order valence-electron chi connectivity index (χ4n) is 2.25. The summed E-state index contributed by atoms with van der Waals surface area (Å²) in [6.45, 7) is 1.29. The minimum atomic E-state index is -0.328. The molecular weight excluding hydrogens is 306 g/mol. The van der Waals surface area contributed by atoms with Gasteiger partial charge in [0, 0.05) is 25.0 Å². The van der Waals surface area contributed by atoms with Crippen LogP contribution >= 0.6 is 0 Å². The molecule has 0 saturated carbocycles. The third-order valence-electron chi connectivity index (χ3n) is 3.46. The van der Waals surface area contributed by atoms with Crippen LogP contribution in [-0.2, 0) is 0 Å². The molecule has 2 bridgehead atoms. The Labute approximate surface area is 140 Å². The van der Waals surface area contributed by atoms with Crippen LogP contribution in [0.1, 0.15) is 29.8 Å². The van der Waals surface area contributed by atoms with Crippen LogP contribution < -0.4 is 15.4 Å². The summed E-state index contributed by atoms with van der Waals surface area (Å²) >= 11 is 0. The van der Waals surface area contributed by atoms with E-state index in [1.54, 1.807) is 30.7 Å². The van der Waals surface area contributed by atoms with Crippen molar-refractivity contribution in [2.24, 2.45) is 0 Å². The SMILES string of the molecule is O=C1Nc2cnccc2OCC/C=C/CCCNc2nccc1n2. The quantitative estimate of drug-likeness (QED) is 0.724. The molecular formula is C17H19N5O2. The lowest BCUT2D eigenvalue weighted by molar-refractivity contribution is 0.102. The van der Waals surface area contributed by atoms with Crippen LogP contribution in [0.2, 0.25) is 0 Å². The van der Waals surface area contributed by atoms with E-state index in [2.05, 4.69) is 37.7 Å². The minimum absolute atomic E-state index is 0.286. The van der Waals surface area contributed by atoms with Crippen molar-refractivity contribution in [3.8, 4) is 5.75 Å². The number of aromatic nitrogens is 3. The molecule has 0 atom stereocenters. The van der Waals surface area contributed by atoms with E-state index in [0.29, 0.717) is 24.0 Å². The van der Waals surface area contributed by atoms with Crippen LogP contribution in [0.3, 0.4) is 0 Å². The first-order valence-corrected chi connectivity index (χ1v) is 7.93. The van der Waals surface area contributed by atoms with Crippen molar-refractivity contribution in [2.45, 2.75) is 19.3 Å². The number of allylic oxidation sites excluding steroid dienone is 1. The van der Waals surface area contributed by atoms with Gasteiger partial charge in [0.15, 0.2) is 0 Å². The van der Waals surface area contributed by atoms with Gasteiger partial charge in [-0.1, -0.05) is 12.2 Å². The third-order valence-corrected chi connectivity index (χ3v) is 3.46.